The van der Waals surface area contributed by atoms with Crippen molar-refractivity contribution in [1.82, 2.24) is 19.5 Å². The number of amides is 1. The van der Waals surface area contributed by atoms with E-state index in [1.165, 1.54) is 0 Å². The Kier molecular flexibility index (Phi) is 6.12. The molecule has 30 heavy (non-hydrogen) atoms. The van der Waals surface area contributed by atoms with E-state index in [0.29, 0.717) is 15.7 Å². The van der Waals surface area contributed by atoms with Gasteiger partial charge < -0.3 is 15.8 Å². The molecular formula is C21H23BrN6O2. The van der Waals surface area contributed by atoms with Crippen molar-refractivity contribution in [3.05, 3.63) is 52.8 Å². The number of benzene rings is 1. The summed E-state index contributed by atoms with van der Waals surface area (Å²) >= 11 is 3.50. The Morgan fingerprint density at radius 2 is 2.13 bits per heavy atom. The number of hydrogen-bond donors (Lipinski definition) is 2. The van der Waals surface area contributed by atoms with Gasteiger partial charge in [0.25, 0.3) is 0 Å². The van der Waals surface area contributed by atoms with Crippen LogP contribution in [0.15, 0.2) is 41.6 Å². The summed E-state index contributed by atoms with van der Waals surface area (Å²) in [5, 5.41) is 8.04. The molecule has 1 aromatic carbocycles. The molecule has 0 aliphatic carbocycles. The van der Waals surface area contributed by atoms with Gasteiger partial charge in [0, 0.05) is 37.3 Å². The maximum Gasteiger partial charge on any atom is 0.249 e. The Balaban J connectivity index is 1.62. The van der Waals surface area contributed by atoms with Crippen molar-refractivity contribution in [3.8, 4) is 11.3 Å². The van der Waals surface area contributed by atoms with Gasteiger partial charge in [-0.1, -0.05) is 18.7 Å². The van der Waals surface area contributed by atoms with E-state index in [1.54, 1.807) is 22.9 Å². The number of primary amides is 1. The second-order valence-corrected chi connectivity index (χ2v) is 7.82. The van der Waals surface area contributed by atoms with Crippen LogP contribution in [0.5, 0.6) is 0 Å². The maximum absolute atomic E-state index is 11.6. The number of rotatable bonds is 7. The molecule has 3 heterocycles. The number of nitrogens with one attached hydrogen (secondary N) is 1. The Morgan fingerprint density at radius 1 is 1.33 bits per heavy atom. The monoisotopic (exact) mass is 470 g/mol. The van der Waals surface area contributed by atoms with Crippen LogP contribution in [0.25, 0.3) is 23.0 Å². The maximum atomic E-state index is 11.6. The largest absolute Gasteiger partial charge is 0.381 e. The molecule has 0 spiro atoms. The standard InChI is InChI=1S/C21H23BrN6O2/c1-2-14-11-15(3-4-16(14)20(23)29)18-13-25-21-17(12-19(22)26-28(18)21)24-5-6-27-7-9-30-10-8-27/h2-4,11-13,24H,1,5-10H2,(H2,23,29). The van der Waals surface area contributed by atoms with E-state index in [9.17, 15) is 4.79 Å². The molecule has 1 saturated heterocycles. The molecule has 0 bridgehead atoms. The molecule has 3 aromatic rings. The molecule has 8 nitrogen and oxygen atoms in total. The highest BCUT2D eigenvalue weighted by Gasteiger charge is 2.15. The minimum Gasteiger partial charge on any atom is -0.381 e. The van der Waals surface area contributed by atoms with Crippen molar-refractivity contribution in [1.29, 1.82) is 0 Å². The summed E-state index contributed by atoms with van der Waals surface area (Å²) in [5.41, 5.74) is 9.86. The van der Waals surface area contributed by atoms with Gasteiger partial charge in [0.05, 0.1) is 30.8 Å². The highest BCUT2D eigenvalue weighted by Crippen LogP contribution is 2.27. The third kappa shape index (κ3) is 4.23. The molecular weight excluding hydrogens is 448 g/mol. The van der Waals surface area contributed by atoms with Crippen LogP contribution in [0.3, 0.4) is 0 Å². The predicted molar refractivity (Wildman–Crippen MR) is 120 cm³/mol. The van der Waals surface area contributed by atoms with E-state index < -0.39 is 5.91 Å². The van der Waals surface area contributed by atoms with Gasteiger partial charge in [-0.15, -0.1) is 0 Å². The highest BCUT2D eigenvalue weighted by atomic mass is 79.9. The minimum absolute atomic E-state index is 0.433. The molecule has 1 aliphatic rings. The van der Waals surface area contributed by atoms with Gasteiger partial charge in [-0.25, -0.2) is 9.50 Å². The number of imidazole rings is 1. The van der Waals surface area contributed by atoms with E-state index in [2.05, 4.69) is 42.8 Å². The van der Waals surface area contributed by atoms with Crippen LogP contribution in [0.4, 0.5) is 5.69 Å². The van der Waals surface area contributed by atoms with Gasteiger partial charge in [0.15, 0.2) is 5.65 Å². The van der Waals surface area contributed by atoms with Gasteiger partial charge in [-0.05, 0) is 39.7 Å². The van der Waals surface area contributed by atoms with Gasteiger partial charge >= 0.3 is 0 Å². The molecule has 2 aromatic heterocycles. The third-order valence-electron chi connectivity index (χ3n) is 5.12. The van der Waals surface area contributed by atoms with E-state index in [-0.39, 0.29) is 0 Å². The summed E-state index contributed by atoms with van der Waals surface area (Å²) in [7, 11) is 0. The van der Waals surface area contributed by atoms with E-state index >= 15 is 0 Å². The number of aromatic nitrogens is 3. The summed E-state index contributed by atoms with van der Waals surface area (Å²) in [5.74, 6) is -0.484. The van der Waals surface area contributed by atoms with Crippen molar-refractivity contribution < 1.29 is 9.53 Å². The van der Waals surface area contributed by atoms with Crippen LogP contribution in [0.2, 0.25) is 0 Å². The summed E-state index contributed by atoms with van der Waals surface area (Å²) in [6, 6.07) is 7.33. The van der Waals surface area contributed by atoms with Gasteiger partial charge in [-0.2, -0.15) is 5.10 Å². The molecule has 156 valence electrons. The second kappa shape index (κ2) is 8.95. The summed E-state index contributed by atoms with van der Waals surface area (Å²) in [4.78, 5) is 18.6. The van der Waals surface area contributed by atoms with Crippen molar-refractivity contribution in [2.24, 2.45) is 5.73 Å². The quantitative estimate of drug-likeness (QED) is 0.550. The van der Waals surface area contributed by atoms with E-state index in [4.69, 9.17) is 10.5 Å². The zero-order valence-corrected chi connectivity index (χ0v) is 18.1. The van der Waals surface area contributed by atoms with Crippen molar-refractivity contribution >= 4 is 39.2 Å². The van der Waals surface area contributed by atoms with Crippen LogP contribution in [0.1, 0.15) is 15.9 Å². The smallest absolute Gasteiger partial charge is 0.249 e. The predicted octanol–water partition coefficient (Wildman–Crippen LogP) is 2.64. The fourth-order valence-corrected chi connectivity index (χ4v) is 3.94. The number of ether oxygens (including phenoxy) is 1. The minimum atomic E-state index is -0.484. The molecule has 1 aliphatic heterocycles. The first-order valence-corrected chi connectivity index (χ1v) is 10.5. The van der Waals surface area contributed by atoms with E-state index in [0.717, 1.165) is 62.0 Å². The molecule has 0 unspecified atom stereocenters. The average Bonchev–Trinajstić information content (AvgIpc) is 3.17. The summed E-state index contributed by atoms with van der Waals surface area (Å²) < 4.78 is 7.88. The molecule has 1 fully saturated rings. The molecule has 9 heteroatoms. The number of anilines is 1. The second-order valence-electron chi connectivity index (χ2n) is 7.01. The number of nitrogens with two attached hydrogens (primary N) is 1. The van der Waals surface area contributed by atoms with Crippen LogP contribution in [-0.2, 0) is 4.74 Å². The first kappa shape index (κ1) is 20.5. The first-order chi connectivity index (χ1) is 14.6. The number of halogens is 1. The van der Waals surface area contributed by atoms with Crippen molar-refractivity contribution in [2.75, 3.05) is 44.7 Å². The number of hydrogen-bond acceptors (Lipinski definition) is 6. The lowest BCUT2D eigenvalue weighted by atomic mass is 10.0. The fraction of sp³-hybridized carbons (Fsp3) is 0.286. The molecule has 3 N–H and O–H groups in total. The Hall–Kier alpha value is -2.75. The number of nitrogens with zero attached hydrogens (tertiary/aromatic N) is 4. The fourth-order valence-electron chi connectivity index (χ4n) is 3.55. The third-order valence-corrected chi connectivity index (χ3v) is 5.51. The van der Waals surface area contributed by atoms with Crippen LogP contribution in [0, 0.1) is 0 Å². The molecule has 0 radical (unpaired) electrons. The number of carbonyl (C=O) groups is 1. The number of morpholine rings is 1. The van der Waals surface area contributed by atoms with Crippen LogP contribution in [-0.4, -0.2) is 64.8 Å². The van der Waals surface area contributed by atoms with Gasteiger partial charge in [0.2, 0.25) is 5.91 Å². The highest BCUT2D eigenvalue weighted by molar-refractivity contribution is 9.10. The lowest BCUT2D eigenvalue weighted by Gasteiger charge is -2.26. The van der Waals surface area contributed by atoms with Gasteiger partial charge in [-0.3, -0.25) is 9.69 Å². The van der Waals surface area contributed by atoms with E-state index in [1.807, 2.05) is 18.2 Å². The van der Waals surface area contributed by atoms with Crippen molar-refractivity contribution in [2.45, 2.75) is 0 Å². The molecule has 4 rings (SSSR count). The topological polar surface area (TPSA) is 97.8 Å². The first-order valence-electron chi connectivity index (χ1n) is 9.71. The average molecular weight is 471 g/mol. The molecule has 0 saturated carbocycles. The lowest BCUT2D eigenvalue weighted by molar-refractivity contribution is 0.0398. The molecule has 1 amide bonds. The van der Waals surface area contributed by atoms with Crippen LogP contribution >= 0.6 is 15.9 Å². The zero-order valence-electron chi connectivity index (χ0n) is 16.5. The SMILES string of the molecule is C=Cc1cc(-c2cnc3c(NCCN4CCOCC4)cc(Br)nn23)ccc1C(N)=O. The lowest BCUT2D eigenvalue weighted by Crippen LogP contribution is -2.39. The Morgan fingerprint density at radius 3 is 2.87 bits per heavy atom. The molecule has 0 atom stereocenters. The zero-order chi connectivity index (χ0) is 21.1. The number of fused-ring (bicyclic) bond motifs is 1. The Bertz CT molecular complexity index is 1090. The normalized spacial score (nSPS) is 14.7. The summed E-state index contributed by atoms with van der Waals surface area (Å²) in [6.45, 7) is 9.00. The van der Waals surface area contributed by atoms with Gasteiger partial charge in [0.1, 0.15) is 4.60 Å². The summed E-state index contributed by atoms with van der Waals surface area (Å²) in [6.07, 6.45) is 3.39. The Labute approximate surface area is 182 Å². The number of carbonyl (C=O) groups excluding carboxylic acids is 1. The van der Waals surface area contributed by atoms with Crippen molar-refractivity contribution in [3.63, 3.8) is 0 Å². The van der Waals surface area contributed by atoms with Crippen LogP contribution < -0.4 is 11.1 Å².